The van der Waals surface area contributed by atoms with Crippen LogP contribution in [0.25, 0.3) is 5.57 Å². The molecule has 0 spiro atoms. The van der Waals surface area contributed by atoms with E-state index in [0.29, 0.717) is 0 Å². The van der Waals surface area contributed by atoms with Crippen LogP contribution in [0.5, 0.6) is 0 Å². The first-order valence-corrected chi connectivity index (χ1v) is 5.40. The minimum atomic E-state index is 0.0978. The van der Waals surface area contributed by atoms with Crippen LogP contribution < -0.4 is 0 Å². The van der Waals surface area contributed by atoms with Gasteiger partial charge in [0.05, 0.1) is 0 Å². The summed E-state index contributed by atoms with van der Waals surface area (Å²) < 4.78 is 2.88. The molecular weight excluding hydrogens is 259 g/mol. The van der Waals surface area contributed by atoms with E-state index in [1.54, 1.807) is 0 Å². The van der Waals surface area contributed by atoms with Crippen molar-refractivity contribution in [1.29, 1.82) is 0 Å². The van der Waals surface area contributed by atoms with Gasteiger partial charge in [0, 0.05) is 0 Å². The summed E-state index contributed by atoms with van der Waals surface area (Å²) in [7, 11) is 0. The van der Waals surface area contributed by atoms with Gasteiger partial charge in [0.1, 0.15) is 0 Å². The molecule has 0 aliphatic carbocycles. The van der Waals surface area contributed by atoms with E-state index >= 15 is 0 Å². The van der Waals surface area contributed by atoms with E-state index in [0.717, 1.165) is 0 Å². The molecule has 0 aromatic heterocycles. The van der Waals surface area contributed by atoms with Crippen LogP contribution >= 0.6 is 0 Å². The Labute approximate surface area is 95.5 Å². The molecule has 0 radical (unpaired) electrons. The molecule has 1 aromatic rings. The molecule has 1 heteroatoms. The van der Waals surface area contributed by atoms with Crippen molar-refractivity contribution in [2.24, 2.45) is 5.41 Å². The number of rotatable bonds is 1. The Morgan fingerprint density at radius 1 is 1.14 bits per heavy atom. The molecule has 14 heavy (non-hydrogen) atoms. The molecule has 1 aromatic carbocycles. The summed E-state index contributed by atoms with van der Waals surface area (Å²) in [5, 5.41) is 0. The molecule has 0 bridgehead atoms. The zero-order valence-electron chi connectivity index (χ0n) is 8.72. The summed E-state index contributed by atoms with van der Waals surface area (Å²) in [6, 6.07) is 10.3. The van der Waals surface area contributed by atoms with Gasteiger partial charge >= 0.3 is 95.5 Å². The van der Waals surface area contributed by atoms with Crippen molar-refractivity contribution < 1.29 is 17.9 Å². The summed E-state index contributed by atoms with van der Waals surface area (Å²) in [4.78, 5) is 0. The van der Waals surface area contributed by atoms with Crippen LogP contribution in [-0.2, 0) is 17.9 Å². The third-order valence-electron chi connectivity index (χ3n) is 1.98. The van der Waals surface area contributed by atoms with E-state index in [1.165, 1.54) is 11.1 Å². The molecule has 0 N–H and O–H groups in total. The summed E-state index contributed by atoms with van der Waals surface area (Å²) in [6.07, 6.45) is 0. The van der Waals surface area contributed by atoms with Gasteiger partial charge in [-0.3, -0.25) is 0 Å². The van der Waals surface area contributed by atoms with Gasteiger partial charge in [-0.2, -0.15) is 0 Å². The Morgan fingerprint density at radius 3 is 2.14 bits per heavy atom. The molecule has 0 fully saturated rings. The first kappa shape index (κ1) is 11.3. The van der Waals surface area contributed by atoms with Crippen LogP contribution in [0.15, 0.2) is 36.1 Å². The third kappa shape index (κ3) is 2.89. The molecule has 0 amide bonds. The van der Waals surface area contributed by atoms with Crippen LogP contribution in [0.4, 0.5) is 0 Å². The van der Waals surface area contributed by atoms with Crippen LogP contribution in [-0.4, -0.2) is 4.26 Å². The maximum absolute atomic E-state index is 3.16. The van der Waals surface area contributed by atoms with Crippen LogP contribution in [0.2, 0.25) is 0 Å². The Morgan fingerprint density at radius 2 is 1.71 bits per heavy atom. The first-order valence-electron chi connectivity index (χ1n) is 4.58. The molecule has 0 unspecified atom stereocenters. The molecule has 75 valence electrons. The summed E-state index contributed by atoms with van der Waals surface area (Å²) in [5.74, 6) is 0. The fraction of sp³-hybridized carbons (Fsp3) is 0.308. The second-order valence-electron chi connectivity index (χ2n) is 4.20. The van der Waals surface area contributed by atoms with Crippen molar-refractivity contribution in [1.82, 2.24) is 0 Å². The van der Waals surface area contributed by atoms with Gasteiger partial charge in [0.15, 0.2) is 0 Å². The molecule has 0 aliphatic heterocycles. The molecule has 0 nitrogen and oxygen atoms in total. The number of allylic oxidation sites excluding steroid dienone is 1. The summed E-state index contributed by atoms with van der Waals surface area (Å²) in [6.45, 7) is 6.55. The molecule has 0 saturated heterocycles. The second-order valence-corrected chi connectivity index (χ2v) is 4.61. The Kier molecular flexibility index (Phi) is 3.79. The molecule has 1 rings (SSSR count). The molecular formula is C13H14Rh. The molecule has 0 saturated carbocycles. The van der Waals surface area contributed by atoms with Crippen molar-refractivity contribution in [3.05, 3.63) is 41.6 Å². The Balaban J connectivity index is 3.30. The predicted molar refractivity (Wildman–Crippen MR) is 57.8 cm³/mol. The minimum absolute atomic E-state index is 0.0978. The normalized spacial score (nSPS) is 10.3. The van der Waals surface area contributed by atoms with Crippen molar-refractivity contribution in [3.63, 3.8) is 0 Å². The Hall–Kier alpha value is -0.727. The standard InChI is InChI=1S/C13H14.Rh/c1-5-12(13(2,3)4)11-9-7-6-8-10-11;/h6-10H,2-4H3;. The monoisotopic (exact) mass is 273 g/mol. The fourth-order valence-electron chi connectivity index (χ4n) is 1.34. The number of hydrogen-bond donors (Lipinski definition) is 0. The average Bonchev–Trinajstić information content (AvgIpc) is 2.14. The molecule has 0 aliphatic rings. The van der Waals surface area contributed by atoms with E-state index in [-0.39, 0.29) is 5.41 Å². The van der Waals surface area contributed by atoms with E-state index in [4.69, 9.17) is 0 Å². The van der Waals surface area contributed by atoms with Gasteiger partial charge in [-0.15, -0.1) is 0 Å². The first-order chi connectivity index (χ1) is 6.55. The van der Waals surface area contributed by atoms with Crippen LogP contribution in [0.1, 0.15) is 26.3 Å². The van der Waals surface area contributed by atoms with Crippen LogP contribution in [0.3, 0.4) is 0 Å². The molecule has 0 heterocycles. The zero-order chi connectivity index (χ0) is 10.6. The van der Waals surface area contributed by atoms with Crippen molar-refractivity contribution in [2.45, 2.75) is 20.8 Å². The van der Waals surface area contributed by atoms with E-state index < -0.39 is 0 Å². The van der Waals surface area contributed by atoms with E-state index in [2.05, 4.69) is 60.8 Å². The van der Waals surface area contributed by atoms with E-state index in [1.807, 2.05) is 18.2 Å². The van der Waals surface area contributed by atoms with Crippen LogP contribution in [0, 0.1) is 5.41 Å². The zero-order valence-corrected chi connectivity index (χ0v) is 10.4. The summed E-state index contributed by atoms with van der Waals surface area (Å²) >= 11 is 2.63. The van der Waals surface area contributed by atoms with Gasteiger partial charge < -0.3 is 0 Å². The summed E-state index contributed by atoms with van der Waals surface area (Å²) in [5.41, 5.74) is 5.65. The average molecular weight is 273 g/mol. The third-order valence-corrected chi connectivity index (χ3v) is 2.18. The SMILES string of the molecule is CC(C)(C)C(=C=[C]=[Rh])c1ccccc1. The van der Waals surface area contributed by atoms with Gasteiger partial charge in [0.2, 0.25) is 0 Å². The van der Waals surface area contributed by atoms with Gasteiger partial charge in [-0.05, 0) is 0 Å². The second kappa shape index (κ2) is 4.67. The predicted octanol–water partition coefficient (Wildman–Crippen LogP) is 3.22. The van der Waals surface area contributed by atoms with Gasteiger partial charge in [0.25, 0.3) is 0 Å². The maximum atomic E-state index is 3.16. The quantitative estimate of drug-likeness (QED) is 0.544. The Bertz CT molecular complexity index is 383. The van der Waals surface area contributed by atoms with E-state index in [9.17, 15) is 0 Å². The fourth-order valence-corrected chi connectivity index (χ4v) is 1.54. The number of hydrogen-bond acceptors (Lipinski definition) is 0. The van der Waals surface area contributed by atoms with Crippen molar-refractivity contribution in [3.8, 4) is 0 Å². The van der Waals surface area contributed by atoms with Crippen molar-refractivity contribution >= 4 is 9.84 Å². The van der Waals surface area contributed by atoms with Crippen molar-refractivity contribution in [2.75, 3.05) is 0 Å². The topological polar surface area (TPSA) is 0 Å². The number of benzene rings is 1. The van der Waals surface area contributed by atoms with Gasteiger partial charge in [-0.25, -0.2) is 0 Å². The van der Waals surface area contributed by atoms with Gasteiger partial charge in [-0.1, -0.05) is 0 Å². The molecule has 0 atom stereocenters.